The van der Waals surface area contributed by atoms with Crippen LogP contribution in [-0.4, -0.2) is 44.9 Å². The quantitative estimate of drug-likeness (QED) is 0.789. The summed E-state index contributed by atoms with van der Waals surface area (Å²) in [5.41, 5.74) is 0. The van der Waals surface area contributed by atoms with Gasteiger partial charge in [-0.05, 0) is 13.0 Å². The highest BCUT2D eigenvalue weighted by Crippen LogP contribution is 2.11. The fraction of sp³-hybridized carbons (Fsp3) is 0.455. The van der Waals surface area contributed by atoms with Crippen LogP contribution in [0.2, 0.25) is 0 Å². The Morgan fingerprint density at radius 3 is 2.74 bits per heavy atom. The minimum Gasteiger partial charge on any atom is -0.467 e. The van der Waals surface area contributed by atoms with Gasteiger partial charge < -0.3 is 15.4 Å². The van der Waals surface area contributed by atoms with Crippen LogP contribution in [-0.2, 0) is 6.54 Å². The van der Waals surface area contributed by atoms with E-state index in [4.69, 9.17) is 4.74 Å². The van der Waals surface area contributed by atoms with Crippen molar-refractivity contribution in [1.29, 1.82) is 0 Å². The number of aromatic nitrogens is 5. The second kappa shape index (κ2) is 5.98. The van der Waals surface area contributed by atoms with Gasteiger partial charge in [-0.1, -0.05) is 0 Å². The highest BCUT2D eigenvalue weighted by atomic mass is 16.5. The first-order valence-electron chi connectivity index (χ1n) is 5.93. The van der Waals surface area contributed by atoms with Gasteiger partial charge in [-0.3, -0.25) is 4.68 Å². The zero-order valence-electron chi connectivity index (χ0n) is 11.2. The van der Waals surface area contributed by atoms with Crippen LogP contribution < -0.4 is 15.4 Å². The number of rotatable bonds is 6. The summed E-state index contributed by atoms with van der Waals surface area (Å²) < 4.78 is 6.87. The van der Waals surface area contributed by atoms with Gasteiger partial charge in [0.25, 0.3) is 0 Å². The van der Waals surface area contributed by atoms with E-state index in [1.165, 1.54) is 7.11 Å². The highest BCUT2D eigenvalue weighted by molar-refractivity contribution is 5.35. The molecular formula is C11H17N7O. The maximum Gasteiger partial charge on any atom is 0.322 e. The molecule has 0 aliphatic rings. The van der Waals surface area contributed by atoms with Gasteiger partial charge in [0.1, 0.15) is 0 Å². The highest BCUT2D eigenvalue weighted by Gasteiger charge is 2.09. The number of nitrogens with zero attached hydrogens (tertiary/aromatic N) is 5. The summed E-state index contributed by atoms with van der Waals surface area (Å²) in [5.74, 6) is 0.927. The van der Waals surface area contributed by atoms with Gasteiger partial charge in [0.05, 0.1) is 13.7 Å². The third kappa shape index (κ3) is 3.54. The molecule has 0 amide bonds. The van der Waals surface area contributed by atoms with E-state index in [0.29, 0.717) is 11.9 Å². The summed E-state index contributed by atoms with van der Waals surface area (Å²) >= 11 is 0. The molecule has 2 N–H and O–H groups in total. The van der Waals surface area contributed by atoms with Gasteiger partial charge in [-0.25, -0.2) is 0 Å². The Morgan fingerprint density at radius 2 is 2.11 bits per heavy atom. The number of methoxy groups -OCH3 is 1. The Hall–Kier alpha value is -2.38. The summed E-state index contributed by atoms with van der Waals surface area (Å²) in [6.07, 6.45) is 3.66. The topological polar surface area (TPSA) is 89.8 Å². The molecule has 0 saturated heterocycles. The third-order valence-electron chi connectivity index (χ3n) is 2.42. The molecule has 0 bridgehead atoms. The summed E-state index contributed by atoms with van der Waals surface area (Å²) in [4.78, 5) is 12.4. The molecule has 0 aromatic carbocycles. The maximum atomic E-state index is 5.03. The zero-order valence-corrected chi connectivity index (χ0v) is 11.2. The van der Waals surface area contributed by atoms with E-state index in [2.05, 4.69) is 30.7 Å². The maximum absolute atomic E-state index is 5.03. The lowest BCUT2D eigenvalue weighted by atomic mass is 10.3. The van der Waals surface area contributed by atoms with E-state index in [-0.39, 0.29) is 12.1 Å². The standard InChI is InChI=1S/C11H17N7O/c1-8(7-18-6-4-5-13-18)14-10-15-9(12-2)16-11(17-10)19-3/h4-6,8H,7H2,1-3H3,(H2,12,14,15,16,17). The van der Waals surface area contributed by atoms with Crippen molar-refractivity contribution in [1.82, 2.24) is 24.7 Å². The Labute approximate surface area is 111 Å². The molecule has 8 heteroatoms. The molecule has 0 radical (unpaired) electrons. The Morgan fingerprint density at radius 1 is 1.32 bits per heavy atom. The van der Waals surface area contributed by atoms with Gasteiger partial charge in [0.2, 0.25) is 11.9 Å². The van der Waals surface area contributed by atoms with Crippen molar-refractivity contribution in [3.05, 3.63) is 18.5 Å². The lowest BCUT2D eigenvalue weighted by Gasteiger charge is -2.14. The summed E-state index contributed by atoms with van der Waals surface area (Å²) in [7, 11) is 3.26. The predicted octanol–water partition coefficient (Wildman–Crippen LogP) is 0.619. The van der Waals surface area contributed by atoms with Crippen LogP contribution in [0.3, 0.4) is 0 Å². The average molecular weight is 263 g/mol. The Balaban J connectivity index is 2.05. The van der Waals surface area contributed by atoms with Crippen molar-refractivity contribution >= 4 is 11.9 Å². The van der Waals surface area contributed by atoms with Crippen molar-refractivity contribution in [2.24, 2.45) is 0 Å². The first-order valence-corrected chi connectivity index (χ1v) is 5.93. The predicted molar refractivity (Wildman–Crippen MR) is 71.2 cm³/mol. The molecule has 1 unspecified atom stereocenters. The minimum atomic E-state index is 0.122. The van der Waals surface area contributed by atoms with E-state index >= 15 is 0 Å². The smallest absolute Gasteiger partial charge is 0.322 e. The second-order valence-electron chi connectivity index (χ2n) is 3.99. The van der Waals surface area contributed by atoms with Gasteiger partial charge >= 0.3 is 6.01 Å². The fourth-order valence-corrected chi connectivity index (χ4v) is 1.58. The van der Waals surface area contributed by atoms with Gasteiger partial charge in [-0.2, -0.15) is 20.1 Å². The van der Waals surface area contributed by atoms with Crippen molar-refractivity contribution in [3.63, 3.8) is 0 Å². The molecule has 0 spiro atoms. The monoisotopic (exact) mass is 263 g/mol. The Bertz CT molecular complexity index is 492. The number of nitrogens with one attached hydrogen (secondary N) is 2. The number of ether oxygens (including phenoxy) is 1. The van der Waals surface area contributed by atoms with E-state index in [9.17, 15) is 0 Å². The van der Waals surface area contributed by atoms with Crippen LogP contribution in [0.1, 0.15) is 6.92 Å². The molecule has 2 aromatic rings. The summed E-state index contributed by atoms with van der Waals surface area (Å²) in [6.45, 7) is 2.74. The van der Waals surface area contributed by atoms with E-state index in [1.54, 1.807) is 13.2 Å². The molecule has 102 valence electrons. The molecule has 0 aliphatic carbocycles. The number of anilines is 2. The van der Waals surface area contributed by atoms with Crippen molar-refractivity contribution in [2.75, 3.05) is 24.8 Å². The third-order valence-corrected chi connectivity index (χ3v) is 2.42. The molecule has 2 rings (SSSR count). The van der Waals surface area contributed by atoms with Crippen LogP contribution >= 0.6 is 0 Å². The van der Waals surface area contributed by atoms with Crippen LogP contribution in [0.5, 0.6) is 6.01 Å². The second-order valence-corrected chi connectivity index (χ2v) is 3.99. The molecule has 1 atom stereocenters. The lowest BCUT2D eigenvalue weighted by molar-refractivity contribution is 0.379. The van der Waals surface area contributed by atoms with Crippen LogP contribution in [0.15, 0.2) is 18.5 Å². The van der Waals surface area contributed by atoms with Crippen molar-refractivity contribution < 1.29 is 4.74 Å². The lowest BCUT2D eigenvalue weighted by Crippen LogP contribution is -2.24. The van der Waals surface area contributed by atoms with Crippen molar-refractivity contribution in [3.8, 4) is 6.01 Å². The molecule has 2 aromatic heterocycles. The molecule has 0 fully saturated rings. The molecule has 19 heavy (non-hydrogen) atoms. The fourth-order valence-electron chi connectivity index (χ4n) is 1.58. The van der Waals surface area contributed by atoms with Gasteiger partial charge in [0.15, 0.2) is 0 Å². The molecule has 8 nitrogen and oxygen atoms in total. The minimum absolute atomic E-state index is 0.122. The van der Waals surface area contributed by atoms with Crippen molar-refractivity contribution in [2.45, 2.75) is 19.5 Å². The first kappa shape index (κ1) is 13.1. The largest absolute Gasteiger partial charge is 0.467 e. The average Bonchev–Trinajstić information content (AvgIpc) is 2.90. The number of hydrogen-bond donors (Lipinski definition) is 2. The normalized spacial score (nSPS) is 11.9. The number of hydrogen-bond acceptors (Lipinski definition) is 7. The van der Waals surface area contributed by atoms with Crippen LogP contribution in [0.25, 0.3) is 0 Å². The molecule has 0 aliphatic heterocycles. The van der Waals surface area contributed by atoms with E-state index in [1.807, 2.05) is 23.9 Å². The summed E-state index contributed by atoms with van der Waals surface area (Å²) in [5, 5.41) is 10.2. The van der Waals surface area contributed by atoms with E-state index in [0.717, 1.165) is 6.54 Å². The SMILES string of the molecule is CNc1nc(NC(C)Cn2cccn2)nc(OC)n1. The molecular weight excluding hydrogens is 246 g/mol. The van der Waals surface area contributed by atoms with Gasteiger partial charge in [0, 0.05) is 25.5 Å². The van der Waals surface area contributed by atoms with E-state index < -0.39 is 0 Å². The first-order chi connectivity index (χ1) is 9.21. The Kier molecular flexibility index (Phi) is 4.11. The van der Waals surface area contributed by atoms with Crippen LogP contribution in [0, 0.1) is 0 Å². The molecule has 2 heterocycles. The molecule has 0 saturated carbocycles. The summed E-state index contributed by atoms with van der Waals surface area (Å²) in [6, 6.07) is 2.28. The van der Waals surface area contributed by atoms with Crippen LogP contribution in [0.4, 0.5) is 11.9 Å². The zero-order chi connectivity index (χ0) is 13.7. The van der Waals surface area contributed by atoms with Gasteiger partial charge in [-0.15, -0.1) is 0 Å².